The van der Waals surface area contributed by atoms with Crippen molar-refractivity contribution >= 4 is 5.97 Å². The van der Waals surface area contributed by atoms with Gasteiger partial charge in [-0.1, -0.05) is 6.92 Å². The molecule has 1 aliphatic rings. The Morgan fingerprint density at radius 2 is 2.20 bits per heavy atom. The molecule has 2 atom stereocenters. The maximum atomic E-state index is 10.9. The van der Waals surface area contributed by atoms with Crippen LogP contribution in [0.15, 0.2) is 0 Å². The molecule has 0 spiro atoms. The first-order valence-electron chi connectivity index (χ1n) is 3.82. The summed E-state index contributed by atoms with van der Waals surface area (Å²) in [4.78, 5) is 10.9. The highest BCUT2D eigenvalue weighted by atomic mass is 16.5. The van der Waals surface area contributed by atoms with Crippen molar-refractivity contribution in [3.63, 3.8) is 0 Å². The first-order valence-corrected chi connectivity index (χ1v) is 3.82. The van der Waals surface area contributed by atoms with Crippen molar-refractivity contribution in [2.45, 2.75) is 26.2 Å². The van der Waals surface area contributed by atoms with Crippen LogP contribution >= 0.6 is 0 Å². The van der Waals surface area contributed by atoms with Gasteiger partial charge in [-0.2, -0.15) is 0 Å². The third-order valence-corrected chi connectivity index (χ3v) is 2.23. The topological polar surface area (TPSA) is 26.3 Å². The molecule has 58 valence electrons. The van der Waals surface area contributed by atoms with Crippen molar-refractivity contribution in [3.05, 3.63) is 0 Å². The number of ether oxygens (including phenoxy) is 1. The summed E-state index contributed by atoms with van der Waals surface area (Å²) in [7, 11) is 1.46. The van der Waals surface area contributed by atoms with Crippen molar-refractivity contribution in [2.75, 3.05) is 7.11 Å². The van der Waals surface area contributed by atoms with Crippen molar-refractivity contribution in [1.29, 1.82) is 0 Å². The summed E-state index contributed by atoms with van der Waals surface area (Å²) < 4.78 is 4.64. The Morgan fingerprint density at radius 3 is 2.60 bits per heavy atom. The monoisotopic (exact) mass is 142 g/mol. The molecule has 0 radical (unpaired) electrons. The molecular formula is C8H14O2. The largest absolute Gasteiger partial charge is 0.469 e. The van der Waals surface area contributed by atoms with Gasteiger partial charge in [-0.3, -0.25) is 4.79 Å². The summed E-state index contributed by atoms with van der Waals surface area (Å²) in [5.74, 6) is 0.883. The van der Waals surface area contributed by atoms with Crippen LogP contribution in [-0.2, 0) is 9.53 Å². The van der Waals surface area contributed by atoms with Crippen molar-refractivity contribution in [2.24, 2.45) is 11.8 Å². The fraction of sp³-hybridized carbons (Fsp3) is 0.875. The fourth-order valence-electron chi connectivity index (χ4n) is 1.59. The number of methoxy groups -OCH3 is 1. The lowest BCUT2D eigenvalue weighted by Gasteiger charge is -2.04. The van der Waals surface area contributed by atoms with Crippen LogP contribution in [0.4, 0.5) is 0 Å². The Morgan fingerprint density at radius 1 is 1.50 bits per heavy atom. The average molecular weight is 142 g/mol. The Kier molecular flexibility index (Phi) is 2.30. The molecule has 0 aromatic heterocycles. The quantitative estimate of drug-likeness (QED) is 0.520. The van der Waals surface area contributed by atoms with Gasteiger partial charge in [0.25, 0.3) is 0 Å². The highest BCUT2D eigenvalue weighted by molar-refractivity contribution is 5.72. The standard InChI is InChI=1S/C8H14O2/c1-6-3-4-7(5-6)8(9)10-2/h6-7H,3-5H2,1-2H3/t6?,7-/m0/s1. The van der Waals surface area contributed by atoms with E-state index in [0.29, 0.717) is 5.92 Å². The highest BCUT2D eigenvalue weighted by Crippen LogP contribution is 2.30. The number of hydrogen-bond donors (Lipinski definition) is 0. The van der Waals surface area contributed by atoms with E-state index in [-0.39, 0.29) is 11.9 Å². The summed E-state index contributed by atoms with van der Waals surface area (Å²) in [6.07, 6.45) is 3.22. The summed E-state index contributed by atoms with van der Waals surface area (Å²) in [5, 5.41) is 0. The predicted molar refractivity (Wildman–Crippen MR) is 38.5 cm³/mol. The number of carbonyl (C=O) groups excluding carboxylic acids is 1. The Bertz CT molecular complexity index is 131. The molecule has 0 aromatic rings. The van der Waals surface area contributed by atoms with E-state index in [1.807, 2.05) is 0 Å². The molecule has 0 bridgehead atoms. The molecule has 0 heterocycles. The van der Waals surface area contributed by atoms with Gasteiger partial charge in [-0.05, 0) is 25.2 Å². The fourth-order valence-corrected chi connectivity index (χ4v) is 1.59. The molecule has 2 heteroatoms. The maximum Gasteiger partial charge on any atom is 0.308 e. The second kappa shape index (κ2) is 3.04. The molecule has 1 aliphatic carbocycles. The smallest absolute Gasteiger partial charge is 0.308 e. The minimum absolute atomic E-state index is 0.0237. The molecular weight excluding hydrogens is 128 g/mol. The Hall–Kier alpha value is -0.530. The van der Waals surface area contributed by atoms with Crippen molar-refractivity contribution in [1.82, 2.24) is 0 Å². The normalized spacial score (nSPS) is 32.2. The van der Waals surface area contributed by atoms with Gasteiger partial charge in [-0.25, -0.2) is 0 Å². The van der Waals surface area contributed by atoms with Gasteiger partial charge in [0, 0.05) is 0 Å². The Balaban J connectivity index is 2.37. The number of hydrogen-bond acceptors (Lipinski definition) is 2. The lowest BCUT2D eigenvalue weighted by atomic mass is 10.1. The number of esters is 1. The molecule has 1 unspecified atom stereocenters. The van der Waals surface area contributed by atoms with E-state index in [4.69, 9.17) is 0 Å². The maximum absolute atomic E-state index is 10.9. The zero-order valence-corrected chi connectivity index (χ0v) is 6.59. The second-order valence-electron chi connectivity index (χ2n) is 3.14. The van der Waals surface area contributed by atoms with Gasteiger partial charge in [0.15, 0.2) is 0 Å². The van der Waals surface area contributed by atoms with Gasteiger partial charge < -0.3 is 4.74 Å². The lowest BCUT2D eigenvalue weighted by molar-refractivity contribution is -0.145. The summed E-state index contributed by atoms with van der Waals surface area (Å²) in [6, 6.07) is 0. The van der Waals surface area contributed by atoms with E-state index in [1.165, 1.54) is 13.5 Å². The first-order chi connectivity index (χ1) is 4.74. The van der Waals surface area contributed by atoms with Crippen molar-refractivity contribution in [3.8, 4) is 0 Å². The lowest BCUT2D eigenvalue weighted by Crippen LogP contribution is -2.12. The van der Waals surface area contributed by atoms with E-state index in [9.17, 15) is 4.79 Å². The molecule has 0 saturated heterocycles. The zero-order chi connectivity index (χ0) is 7.56. The minimum Gasteiger partial charge on any atom is -0.469 e. The third kappa shape index (κ3) is 1.49. The van der Waals surface area contributed by atoms with E-state index in [1.54, 1.807) is 0 Å². The summed E-state index contributed by atoms with van der Waals surface area (Å²) in [6.45, 7) is 2.18. The molecule has 0 aliphatic heterocycles. The number of rotatable bonds is 1. The van der Waals surface area contributed by atoms with Crippen LogP contribution < -0.4 is 0 Å². The minimum atomic E-state index is -0.0237. The van der Waals surface area contributed by atoms with Crippen LogP contribution in [0.5, 0.6) is 0 Å². The van der Waals surface area contributed by atoms with Crippen LogP contribution in [0, 0.1) is 11.8 Å². The molecule has 1 fully saturated rings. The van der Waals surface area contributed by atoms with Gasteiger partial charge in [0.05, 0.1) is 13.0 Å². The van der Waals surface area contributed by atoms with Crippen molar-refractivity contribution < 1.29 is 9.53 Å². The SMILES string of the molecule is COC(=O)[C@H]1CCC(C)C1. The number of carbonyl (C=O) groups is 1. The molecule has 10 heavy (non-hydrogen) atoms. The second-order valence-corrected chi connectivity index (χ2v) is 3.14. The average Bonchev–Trinajstić information content (AvgIpc) is 2.34. The van der Waals surface area contributed by atoms with E-state index >= 15 is 0 Å². The third-order valence-electron chi connectivity index (χ3n) is 2.23. The van der Waals surface area contributed by atoms with E-state index in [0.717, 1.165) is 12.8 Å². The van der Waals surface area contributed by atoms with Crippen LogP contribution in [0.1, 0.15) is 26.2 Å². The summed E-state index contributed by atoms with van der Waals surface area (Å²) >= 11 is 0. The van der Waals surface area contributed by atoms with E-state index in [2.05, 4.69) is 11.7 Å². The van der Waals surface area contributed by atoms with E-state index < -0.39 is 0 Å². The summed E-state index contributed by atoms with van der Waals surface area (Å²) in [5.41, 5.74) is 0. The van der Waals surface area contributed by atoms with Gasteiger partial charge in [0.2, 0.25) is 0 Å². The van der Waals surface area contributed by atoms with Gasteiger partial charge in [0.1, 0.15) is 0 Å². The zero-order valence-electron chi connectivity index (χ0n) is 6.59. The molecule has 0 amide bonds. The first kappa shape index (κ1) is 7.58. The van der Waals surface area contributed by atoms with Crippen LogP contribution in [0.2, 0.25) is 0 Å². The Labute approximate surface area is 61.6 Å². The van der Waals surface area contributed by atoms with Crippen LogP contribution in [0.3, 0.4) is 0 Å². The van der Waals surface area contributed by atoms with Gasteiger partial charge in [-0.15, -0.1) is 0 Å². The molecule has 1 saturated carbocycles. The molecule has 1 rings (SSSR count). The van der Waals surface area contributed by atoms with Gasteiger partial charge >= 0.3 is 5.97 Å². The molecule has 0 N–H and O–H groups in total. The predicted octanol–water partition coefficient (Wildman–Crippen LogP) is 1.60. The molecule has 0 aromatic carbocycles. The van der Waals surface area contributed by atoms with Crippen LogP contribution in [-0.4, -0.2) is 13.1 Å². The van der Waals surface area contributed by atoms with Crippen LogP contribution in [0.25, 0.3) is 0 Å². The molecule has 2 nitrogen and oxygen atoms in total. The highest BCUT2D eigenvalue weighted by Gasteiger charge is 2.27.